The van der Waals surface area contributed by atoms with Gasteiger partial charge < -0.3 is 5.32 Å². The highest BCUT2D eigenvalue weighted by atomic mass is 19.4. The summed E-state index contributed by atoms with van der Waals surface area (Å²) in [6, 6.07) is 16.7. The number of carbonyl (C=O) groups is 2. The number of carbonyl (C=O) groups excluding carboxylic acids is 2. The van der Waals surface area contributed by atoms with Gasteiger partial charge in [0.1, 0.15) is 5.70 Å². The SMILES string of the molecule is Cc1ccc(C2=C(Nc3ccc(C)c(C)c3)C(=O)N(c3ccc(C(F)(F)F)cc3)C2=O)cc1. The van der Waals surface area contributed by atoms with Crippen molar-refractivity contribution in [1.29, 1.82) is 0 Å². The first kappa shape index (κ1) is 22.3. The number of hydrogen-bond acceptors (Lipinski definition) is 3. The van der Waals surface area contributed by atoms with Crippen LogP contribution in [0.1, 0.15) is 27.8 Å². The Morgan fingerprint density at radius 1 is 0.758 bits per heavy atom. The highest BCUT2D eigenvalue weighted by Crippen LogP contribution is 2.36. The molecule has 0 atom stereocenters. The number of aryl methyl sites for hydroxylation is 3. The highest BCUT2D eigenvalue weighted by molar-refractivity contribution is 6.46. The van der Waals surface area contributed by atoms with Gasteiger partial charge >= 0.3 is 6.18 Å². The second kappa shape index (κ2) is 8.24. The number of amides is 2. The molecule has 33 heavy (non-hydrogen) atoms. The van der Waals surface area contributed by atoms with Crippen molar-refractivity contribution in [2.45, 2.75) is 26.9 Å². The molecule has 0 bridgehead atoms. The summed E-state index contributed by atoms with van der Waals surface area (Å²) in [5.74, 6) is -1.23. The summed E-state index contributed by atoms with van der Waals surface area (Å²) >= 11 is 0. The molecule has 0 aromatic heterocycles. The number of nitrogens with zero attached hydrogens (tertiary/aromatic N) is 1. The van der Waals surface area contributed by atoms with Crippen molar-refractivity contribution in [3.63, 3.8) is 0 Å². The van der Waals surface area contributed by atoms with Crippen molar-refractivity contribution < 1.29 is 22.8 Å². The van der Waals surface area contributed by atoms with Crippen LogP contribution in [0.2, 0.25) is 0 Å². The van der Waals surface area contributed by atoms with E-state index in [2.05, 4.69) is 5.32 Å². The van der Waals surface area contributed by atoms with E-state index >= 15 is 0 Å². The van der Waals surface area contributed by atoms with Crippen molar-refractivity contribution in [3.05, 3.63) is 100 Å². The number of nitrogens with one attached hydrogen (secondary N) is 1. The Kier molecular flexibility index (Phi) is 5.57. The van der Waals surface area contributed by atoms with Crippen LogP contribution in [0.5, 0.6) is 0 Å². The van der Waals surface area contributed by atoms with Crippen molar-refractivity contribution in [2.24, 2.45) is 0 Å². The molecule has 1 N–H and O–H groups in total. The number of rotatable bonds is 4. The predicted octanol–water partition coefficient (Wildman–Crippen LogP) is 6.03. The first-order valence-electron chi connectivity index (χ1n) is 10.3. The second-order valence-electron chi connectivity index (χ2n) is 8.03. The van der Waals surface area contributed by atoms with Crippen molar-refractivity contribution in [3.8, 4) is 0 Å². The molecule has 1 heterocycles. The van der Waals surface area contributed by atoms with E-state index in [0.717, 1.165) is 45.9 Å². The average molecular weight is 450 g/mol. The third-order valence-electron chi connectivity index (χ3n) is 5.65. The Morgan fingerprint density at radius 3 is 1.97 bits per heavy atom. The van der Waals surface area contributed by atoms with Crippen LogP contribution in [-0.2, 0) is 15.8 Å². The minimum atomic E-state index is -4.51. The van der Waals surface area contributed by atoms with Crippen LogP contribution in [0.3, 0.4) is 0 Å². The van der Waals surface area contributed by atoms with E-state index in [1.54, 1.807) is 18.2 Å². The molecule has 0 unspecified atom stereocenters. The molecule has 0 spiro atoms. The zero-order valence-corrected chi connectivity index (χ0v) is 18.2. The Balaban J connectivity index is 1.78. The number of imide groups is 1. The van der Waals surface area contributed by atoms with E-state index in [1.165, 1.54) is 0 Å². The van der Waals surface area contributed by atoms with E-state index in [1.807, 2.05) is 45.0 Å². The number of hydrogen-bond donors (Lipinski definition) is 1. The molecule has 0 saturated heterocycles. The maximum absolute atomic E-state index is 13.4. The lowest BCUT2D eigenvalue weighted by Gasteiger charge is -2.16. The van der Waals surface area contributed by atoms with E-state index in [4.69, 9.17) is 0 Å². The third-order valence-corrected chi connectivity index (χ3v) is 5.65. The molecule has 1 aliphatic heterocycles. The fraction of sp³-hybridized carbons (Fsp3) is 0.154. The van der Waals surface area contributed by atoms with Gasteiger partial charge in [0.2, 0.25) is 0 Å². The first-order valence-corrected chi connectivity index (χ1v) is 10.3. The summed E-state index contributed by atoms with van der Waals surface area (Å²) in [7, 11) is 0. The zero-order valence-electron chi connectivity index (χ0n) is 18.2. The van der Waals surface area contributed by atoms with Crippen LogP contribution in [0.15, 0.2) is 72.4 Å². The molecule has 3 aromatic carbocycles. The fourth-order valence-corrected chi connectivity index (χ4v) is 3.63. The highest BCUT2D eigenvalue weighted by Gasteiger charge is 2.40. The Morgan fingerprint density at radius 2 is 1.39 bits per heavy atom. The first-order chi connectivity index (χ1) is 15.6. The topological polar surface area (TPSA) is 49.4 Å². The molecular weight excluding hydrogens is 429 g/mol. The van der Waals surface area contributed by atoms with Crippen molar-refractivity contribution >= 4 is 28.8 Å². The van der Waals surface area contributed by atoms with Gasteiger partial charge in [-0.2, -0.15) is 13.2 Å². The summed E-state index contributed by atoms with van der Waals surface area (Å²) in [6.07, 6.45) is -4.51. The lowest BCUT2D eigenvalue weighted by atomic mass is 10.0. The minimum absolute atomic E-state index is 0.0690. The van der Waals surface area contributed by atoms with Gasteiger partial charge in [0, 0.05) is 5.69 Å². The quantitative estimate of drug-likeness (QED) is 0.494. The molecule has 0 saturated carbocycles. The van der Waals surface area contributed by atoms with Gasteiger partial charge in [0.15, 0.2) is 0 Å². The van der Waals surface area contributed by atoms with Crippen LogP contribution in [0, 0.1) is 20.8 Å². The fourth-order valence-electron chi connectivity index (χ4n) is 3.63. The lowest BCUT2D eigenvalue weighted by Crippen LogP contribution is -2.32. The minimum Gasteiger partial charge on any atom is -0.350 e. The summed E-state index contributed by atoms with van der Waals surface area (Å²) < 4.78 is 38.9. The lowest BCUT2D eigenvalue weighted by molar-refractivity contribution is -0.137. The van der Waals surface area contributed by atoms with Crippen LogP contribution in [-0.4, -0.2) is 11.8 Å². The van der Waals surface area contributed by atoms with Gasteiger partial charge in [-0.25, -0.2) is 4.90 Å². The smallest absolute Gasteiger partial charge is 0.350 e. The van der Waals surface area contributed by atoms with Gasteiger partial charge in [-0.3, -0.25) is 9.59 Å². The van der Waals surface area contributed by atoms with E-state index in [-0.39, 0.29) is 17.0 Å². The van der Waals surface area contributed by atoms with Crippen LogP contribution >= 0.6 is 0 Å². The largest absolute Gasteiger partial charge is 0.416 e. The summed E-state index contributed by atoms with van der Waals surface area (Å²) in [6.45, 7) is 5.81. The molecule has 3 aromatic rings. The van der Waals surface area contributed by atoms with Crippen LogP contribution < -0.4 is 10.2 Å². The molecule has 0 aliphatic carbocycles. The molecule has 0 fully saturated rings. The number of alkyl halides is 3. The number of benzene rings is 3. The molecular formula is C26H21F3N2O2. The molecule has 4 rings (SSSR count). The number of halogens is 3. The molecule has 2 amide bonds. The van der Waals surface area contributed by atoms with E-state index < -0.39 is 23.6 Å². The molecule has 7 heteroatoms. The zero-order chi connectivity index (χ0) is 23.9. The maximum atomic E-state index is 13.4. The third kappa shape index (κ3) is 4.26. The van der Waals surface area contributed by atoms with Gasteiger partial charge in [-0.1, -0.05) is 35.9 Å². The van der Waals surface area contributed by atoms with Gasteiger partial charge in [-0.05, 0) is 73.9 Å². The molecule has 1 aliphatic rings. The molecule has 0 radical (unpaired) electrons. The van der Waals surface area contributed by atoms with Gasteiger partial charge in [0.05, 0.1) is 16.8 Å². The van der Waals surface area contributed by atoms with E-state index in [9.17, 15) is 22.8 Å². The van der Waals surface area contributed by atoms with Crippen LogP contribution in [0.25, 0.3) is 5.57 Å². The standard InChI is InChI=1S/C26H21F3N2O2/c1-15-4-7-18(8-5-15)22-23(30-20-11-6-16(2)17(3)14-20)25(33)31(24(22)32)21-12-9-19(10-13-21)26(27,28)29/h4-14,30H,1-3H3. The second-order valence-corrected chi connectivity index (χ2v) is 8.03. The normalized spacial score (nSPS) is 14.3. The van der Waals surface area contributed by atoms with Crippen LogP contribution in [0.4, 0.5) is 24.5 Å². The predicted molar refractivity (Wildman–Crippen MR) is 122 cm³/mol. The Bertz CT molecular complexity index is 1270. The monoisotopic (exact) mass is 450 g/mol. The summed E-state index contributed by atoms with van der Waals surface area (Å²) in [5.41, 5.74) is 3.70. The maximum Gasteiger partial charge on any atom is 0.416 e. The van der Waals surface area contributed by atoms with Gasteiger partial charge in [0.25, 0.3) is 11.8 Å². The van der Waals surface area contributed by atoms with Crippen molar-refractivity contribution in [2.75, 3.05) is 10.2 Å². The van der Waals surface area contributed by atoms with Crippen molar-refractivity contribution in [1.82, 2.24) is 0 Å². The van der Waals surface area contributed by atoms with E-state index in [0.29, 0.717) is 11.3 Å². The molecule has 168 valence electrons. The van der Waals surface area contributed by atoms with Gasteiger partial charge in [-0.15, -0.1) is 0 Å². The number of anilines is 2. The molecule has 4 nitrogen and oxygen atoms in total. The summed E-state index contributed by atoms with van der Waals surface area (Å²) in [5, 5.41) is 3.08. The Hall–Kier alpha value is -3.87. The average Bonchev–Trinajstić information content (AvgIpc) is 3.00. The Labute approximate surface area is 189 Å². The summed E-state index contributed by atoms with van der Waals surface area (Å²) in [4.78, 5) is 27.7.